The van der Waals surface area contributed by atoms with Gasteiger partial charge in [-0.15, -0.1) is 5.10 Å². The van der Waals surface area contributed by atoms with Crippen molar-refractivity contribution in [2.45, 2.75) is 25.9 Å². The van der Waals surface area contributed by atoms with Crippen LogP contribution >= 0.6 is 11.6 Å². The number of aromatic nitrogens is 5. The molecule has 0 fully saturated rings. The molecule has 2 heterocycles. The van der Waals surface area contributed by atoms with Crippen LogP contribution < -0.4 is 4.74 Å². The highest BCUT2D eigenvalue weighted by molar-refractivity contribution is 6.31. The van der Waals surface area contributed by atoms with E-state index >= 15 is 0 Å². The molecule has 0 amide bonds. The molecule has 0 radical (unpaired) electrons. The van der Waals surface area contributed by atoms with Crippen molar-refractivity contribution in [3.63, 3.8) is 0 Å². The van der Waals surface area contributed by atoms with Crippen LogP contribution in [0.15, 0.2) is 36.7 Å². The topological polar surface area (TPSA) is 65.7 Å². The summed E-state index contributed by atoms with van der Waals surface area (Å²) in [5.74, 6) is -3.12. The van der Waals surface area contributed by atoms with Crippen LogP contribution in [0.25, 0.3) is 5.69 Å². The van der Waals surface area contributed by atoms with E-state index in [4.69, 9.17) is 16.3 Å². The number of ether oxygens (including phenoxy) is 1. The molecule has 27 heavy (non-hydrogen) atoms. The Morgan fingerprint density at radius 2 is 2.04 bits per heavy atom. The summed E-state index contributed by atoms with van der Waals surface area (Å²) in [6.07, 6.45) is -0.148. The van der Waals surface area contributed by atoms with Gasteiger partial charge in [-0.2, -0.15) is 4.98 Å². The van der Waals surface area contributed by atoms with Crippen molar-refractivity contribution in [2.24, 2.45) is 0 Å². The maximum atomic E-state index is 13.6. The Kier molecular flexibility index (Phi) is 5.26. The minimum absolute atomic E-state index is 0.0639. The van der Waals surface area contributed by atoms with Crippen molar-refractivity contribution in [1.82, 2.24) is 25.0 Å². The van der Waals surface area contributed by atoms with E-state index in [0.29, 0.717) is 11.4 Å². The van der Waals surface area contributed by atoms with Gasteiger partial charge >= 0.3 is 6.01 Å². The lowest BCUT2D eigenvalue weighted by Crippen LogP contribution is -2.09. The zero-order valence-corrected chi connectivity index (χ0v) is 14.5. The van der Waals surface area contributed by atoms with Gasteiger partial charge in [-0.25, -0.2) is 27.2 Å². The third-order valence-corrected chi connectivity index (χ3v) is 3.79. The molecule has 142 valence electrons. The van der Waals surface area contributed by atoms with Crippen molar-refractivity contribution in [1.29, 1.82) is 0 Å². The van der Waals surface area contributed by atoms with E-state index in [1.807, 2.05) is 0 Å². The van der Waals surface area contributed by atoms with Crippen LogP contribution in [0.4, 0.5) is 17.6 Å². The molecular formula is C16H12ClF4N5O. The highest BCUT2D eigenvalue weighted by Crippen LogP contribution is 2.34. The van der Waals surface area contributed by atoms with Crippen molar-refractivity contribution in [2.75, 3.05) is 0 Å². The van der Waals surface area contributed by atoms with E-state index in [1.54, 1.807) is 0 Å². The molecule has 0 aliphatic rings. The summed E-state index contributed by atoms with van der Waals surface area (Å²) in [5.41, 5.74) is -0.156. The normalized spacial score (nSPS) is 11.8. The first kappa shape index (κ1) is 19.0. The highest BCUT2D eigenvalue weighted by atomic mass is 35.5. The van der Waals surface area contributed by atoms with Gasteiger partial charge in [-0.05, 0) is 24.3 Å². The molecular weight excluding hydrogens is 390 g/mol. The van der Waals surface area contributed by atoms with E-state index in [9.17, 15) is 17.6 Å². The fraction of sp³-hybridized carbons (Fsp3) is 0.250. The van der Waals surface area contributed by atoms with E-state index in [1.165, 1.54) is 29.1 Å². The predicted octanol–water partition coefficient (Wildman–Crippen LogP) is 4.34. The Morgan fingerprint density at radius 3 is 2.74 bits per heavy atom. The summed E-state index contributed by atoms with van der Waals surface area (Å²) in [5, 5.41) is 7.61. The zero-order chi connectivity index (χ0) is 19.6. The first-order valence-electron chi connectivity index (χ1n) is 7.57. The molecule has 3 rings (SSSR count). The molecule has 0 spiro atoms. The van der Waals surface area contributed by atoms with Gasteiger partial charge in [0.25, 0.3) is 12.3 Å². The second-order valence-corrected chi connectivity index (χ2v) is 5.97. The van der Waals surface area contributed by atoms with Gasteiger partial charge in [0.2, 0.25) is 0 Å². The van der Waals surface area contributed by atoms with Crippen LogP contribution in [0.3, 0.4) is 0 Å². The van der Waals surface area contributed by atoms with Gasteiger partial charge < -0.3 is 4.74 Å². The second kappa shape index (κ2) is 7.47. The third-order valence-electron chi connectivity index (χ3n) is 3.46. The summed E-state index contributed by atoms with van der Waals surface area (Å²) in [6.45, 7) is 0.600. The third kappa shape index (κ3) is 4.51. The molecule has 11 heteroatoms. The average molecular weight is 402 g/mol. The number of benzene rings is 1. The van der Waals surface area contributed by atoms with Crippen LogP contribution in [-0.2, 0) is 12.5 Å². The molecule has 0 aliphatic heterocycles. The summed E-state index contributed by atoms with van der Waals surface area (Å²) in [7, 11) is 0. The standard InChI is InChI=1S/C16H12ClF4N5O/c1-16(20,21)11-6-10(2-3-12(11)17)26-7-9(24-25-26)8-27-15-22-5-4-13(23-15)14(18)19/h2-7,14H,8H2,1H3. The smallest absolute Gasteiger partial charge is 0.317 e. The van der Waals surface area contributed by atoms with Crippen LogP contribution in [-0.4, -0.2) is 25.0 Å². The molecule has 0 N–H and O–H groups in total. The van der Waals surface area contributed by atoms with Gasteiger partial charge in [-0.1, -0.05) is 16.8 Å². The Labute approximate surface area is 155 Å². The maximum absolute atomic E-state index is 13.6. The lowest BCUT2D eigenvalue weighted by atomic mass is 10.1. The zero-order valence-electron chi connectivity index (χ0n) is 13.8. The van der Waals surface area contributed by atoms with Crippen molar-refractivity contribution >= 4 is 11.6 Å². The van der Waals surface area contributed by atoms with Crippen molar-refractivity contribution < 1.29 is 22.3 Å². The molecule has 1 aromatic carbocycles. The molecule has 0 atom stereocenters. The highest BCUT2D eigenvalue weighted by Gasteiger charge is 2.27. The molecule has 0 unspecified atom stereocenters. The molecule has 3 aromatic rings. The fourth-order valence-corrected chi connectivity index (χ4v) is 2.45. The minimum Gasteiger partial charge on any atom is -0.457 e. The number of hydrogen-bond acceptors (Lipinski definition) is 5. The Bertz CT molecular complexity index is 945. The first-order valence-corrected chi connectivity index (χ1v) is 7.95. The van der Waals surface area contributed by atoms with Gasteiger partial charge in [0, 0.05) is 23.7 Å². The van der Waals surface area contributed by atoms with E-state index < -0.39 is 18.0 Å². The maximum Gasteiger partial charge on any atom is 0.317 e. The molecule has 6 nitrogen and oxygen atoms in total. The quantitative estimate of drug-likeness (QED) is 0.575. The van der Waals surface area contributed by atoms with Crippen LogP contribution in [0, 0.1) is 0 Å². The summed E-state index contributed by atoms with van der Waals surface area (Å²) in [6, 6.07) is 4.89. The van der Waals surface area contributed by atoms with Gasteiger partial charge in [-0.3, -0.25) is 0 Å². The Balaban J connectivity index is 1.75. The first-order chi connectivity index (χ1) is 12.7. The second-order valence-electron chi connectivity index (χ2n) is 5.56. The molecule has 0 saturated carbocycles. The monoisotopic (exact) mass is 401 g/mol. The summed E-state index contributed by atoms with van der Waals surface area (Å²) >= 11 is 5.81. The number of halogens is 5. The molecule has 2 aromatic heterocycles. The van der Waals surface area contributed by atoms with Gasteiger partial charge in [0.15, 0.2) is 0 Å². The number of nitrogens with zero attached hydrogens (tertiary/aromatic N) is 5. The molecule has 0 aliphatic carbocycles. The Hall–Kier alpha value is -2.75. The van der Waals surface area contributed by atoms with E-state index in [-0.39, 0.29) is 23.2 Å². The summed E-state index contributed by atoms with van der Waals surface area (Å²) < 4.78 is 58.9. The fourth-order valence-electron chi connectivity index (χ4n) is 2.17. The number of rotatable bonds is 6. The number of hydrogen-bond donors (Lipinski definition) is 0. The Morgan fingerprint density at radius 1 is 1.26 bits per heavy atom. The van der Waals surface area contributed by atoms with E-state index in [0.717, 1.165) is 19.2 Å². The summed E-state index contributed by atoms with van der Waals surface area (Å²) in [4.78, 5) is 7.29. The average Bonchev–Trinajstić information content (AvgIpc) is 3.08. The van der Waals surface area contributed by atoms with Gasteiger partial charge in [0.1, 0.15) is 18.0 Å². The lowest BCUT2D eigenvalue weighted by Gasteiger charge is -2.13. The molecule has 0 bridgehead atoms. The SMILES string of the molecule is CC(F)(F)c1cc(-n2cc(COc3nccc(C(F)F)n3)nn2)ccc1Cl. The van der Waals surface area contributed by atoms with Crippen LogP contribution in [0.2, 0.25) is 5.02 Å². The van der Waals surface area contributed by atoms with Crippen molar-refractivity contribution in [3.8, 4) is 11.7 Å². The van der Waals surface area contributed by atoms with Crippen LogP contribution in [0.1, 0.15) is 30.3 Å². The molecule has 0 saturated heterocycles. The van der Waals surface area contributed by atoms with Gasteiger partial charge in [0.05, 0.1) is 11.9 Å². The lowest BCUT2D eigenvalue weighted by molar-refractivity contribution is 0.0176. The minimum atomic E-state index is -3.12. The largest absolute Gasteiger partial charge is 0.457 e. The van der Waals surface area contributed by atoms with Crippen molar-refractivity contribution in [3.05, 3.63) is 58.6 Å². The number of alkyl halides is 4. The van der Waals surface area contributed by atoms with E-state index in [2.05, 4.69) is 20.3 Å². The predicted molar refractivity (Wildman–Crippen MR) is 87.3 cm³/mol. The van der Waals surface area contributed by atoms with Crippen LogP contribution in [0.5, 0.6) is 6.01 Å².